The van der Waals surface area contributed by atoms with Crippen molar-refractivity contribution in [3.63, 3.8) is 0 Å². The summed E-state index contributed by atoms with van der Waals surface area (Å²) in [5, 5.41) is 4.86. The highest BCUT2D eigenvalue weighted by molar-refractivity contribution is 5.44. The number of ether oxygens (including phenoxy) is 2. The monoisotopic (exact) mass is 298 g/mol. The van der Waals surface area contributed by atoms with Gasteiger partial charge in [0, 0.05) is 17.5 Å². The number of nitrogens with two attached hydrogens (primary N) is 2. The molecule has 0 spiro atoms. The first kappa shape index (κ1) is 13.6. The minimum Gasteiger partial charge on any atom is -0.454 e. The smallest absolute Gasteiger partial charge is 0.231 e. The Balaban J connectivity index is 1.38. The highest BCUT2D eigenvalue weighted by atomic mass is 16.7. The molecule has 4 N–H and O–H groups in total. The normalized spacial score (nSPS) is 19.0. The quantitative estimate of drug-likeness (QED) is 0.855. The van der Waals surface area contributed by atoms with Crippen molar-refractivity contribution in [3.8, 4) is 11.5 Å². The molecular weight excluding hydrogens is 276 g/mol. The summed E-state index contributed by atoms with van der Waals surface area (Å²) in [4.78, 5) is 0. The fraction of sp³-hybridized carbons (Fsp3) is 0.333. The fourth-order valence-corrected chi connectivity index (χ4v) is 3.41. The largest absolute Gasteiger partial charge is 0.454 e. The number of fused-ring (bicyclic) bond motifs is 2. The number of rotatable bonds is 4. The van der Waals surface area contributed by atoms with E-state index in [4.69, 9.17) is 9.47 Å². The van der Waals surface area contributed by atoms with Crippen molar-refractivity contribution in [3.05, 3.63) is 59.2 Å². The highest BCUT2D eigenvalue weighted by Gasteiger charge is 2.24. The van der Waals surface area contributed by atoms with Crippen molar-refractivity contribution >= 4 is 0 Å². The summed E-state index contributed by atoms with van der Waals surface area (Å²) < 4.78 is 10.8. The molecule has 0 amide bonds. The van der Waals surface area contributed by atoms with Gasteiger partial charge >= 0.3 is 0 Å². The van der Waals surface area contributed by atoms with Crippen molar-refractivity contribution in [1.29, 1.82) is 0 Å². The van der Waals surface area contributed by atoms with Gasteiger partial charge in [-0.05, 0) is 23.8 Å². The minimum atomic E-state index is 0.344. The lowest BCUT2D eigenvalue weighted by atomic mass is 9.94. The lowest BCUT2D eigenvalue weighted by Crippen LogP contribution is -2.95. The zero-order valence-corrected chi connectivity index (χ0v) is 12.6. The molecule has 2 aliphatic rings. The minimum absolute atomic E-state index is 0.344. The SMILES string of the molecule is c1ccc2c(c1)CC[NH2+][C@@H]2C[NH2+]Cc1ccc2c(c1)OCO2. The van der Waals surface area contributed by atoms with Crippen LogP contribution in [0.4, 0.5) is 0 Å². The maximum atomic E-state index is 5.44. The summed E-state index contributed by atoms with van der Waals surface area (Å²) in [7, 11) is 0. The lowest BCUT2D eigenvalue weighted by molar-refractivity contribution is -0.763. The molecule has 0 radical (unpaired) electrons. The molecule has 2 aromatic rings. The van der Waals surface area contributed by atoms with Gasteiger partial charge in [0.1, 0.15) is 13.1 Å². The van der Waals surface area contributed by atoms with E-state index in [1.54, 1.807) is 0 Å². The summed E-state index contributed by atoms with van der Waals surface area (Å²) in [6, 6.07) is 15.7. The van der Waals surface area contributed by atoms with Crippen LogP contribution >= 0.6 is 0 Å². The fourth-order valence-electron chi connectivity index (χ4n) is 3.41. The third kappa shape index (κ3) is 2.67. The molecule has 22 heavy (non-hydrogen) atoms. The molecule has 4 nitrogen and oxygen atoms in total. The van der Waals surface area contributed by atoms with E-state index in [2.05, 4.69) is 47.0 Å². The van der Waals surface area contributed by atoms with E-state index in [1.807, 2.05) is 6.07 Å². The Morgan fingerprint density at radius 1 is 1.09 bits per heavy atom. The molecule has 1 atom stereocenters. The number of hydrogen-bond acceptors (Lipinski definition) is 2. The predicted octanol–water partition coefficient (Wildman–Crippen LogP) is 0.340. The van der Waals surface area contributed by atoms with Gasteiger partial charge in [0.05, 0.1) is 6.54 Å². The van der Waals surface area contributed by atoms with Crippen LogP contribution in [0.15, 0.2) is 42.5 Å². The average Bonchev–Trinajstić information content (AvgIpc) is 3.03. The zero-order valence-electron chi connectivity index (χ0n) is 12.6. The van der Waals surface area contributed by atoms with Crippen LogP contribution in [0.5, 0.6) is 11.5 Å². The summed E-state index contributed by atoms with van der Waals surface area (Å²) in [6.45, 7) is 3.62. The molecule has 0 aromatic heterocycles. The second-order valence-corrected chi connectivity index (χ2v) is 6.00. The first-order valence-electron chi connectivity index (χ1n) is 8.01. The Hall–Kier alpha value is -2.04. The molecule has 2 aromatic carbocycles. The van der Waals surface area contributed by atoms with Gasteiger partial charge < -0.3 is 20.1 Å². The van der Waals surface area contributed by atoms with Crippen LogP contribution in [0.25, 0.3) is 0 Å². The molecule has 2 aliphatic heterocycles. The molecule has 114 valence electrons. The van der Waals surface area contributed by atoms with Gasteiger partial charge in [-0.15, -0.1) is 0 Å². The Morgan fingerprint density at radius 3 is 3.00 bits per heavy atom. The number of hydrogen-bond donors (Lipinski definition) is 2. The van der Waals surface area contributed by atoms with Crippen molar-refractivity contribution < 1.29 is 20.1 Å². The van der Waals surface area contributed by atoms with Crippen molar-refractivity contribution in [2.75, 3.05) is 19.9 Å². The van der Waals surface area contributed by atoms with Crippen LogP contribution in [-0.4, -0.2) is 19.9 Å². The maximum Gasteiger partial charge on any atom is 0.231 e. The van der Waals surface area contributed by atoms with Crippen LogP contribution in [-0.2, 0) is 13.0 Å². The molecule has 0 fully saturated rings. The van der Waals surface area contributed by atoms with Crippen LogP contribution in [0.1, 0.15) is 22.7 Å². The Kier molecular flexibility index (Phi) is 3.70. The molecule has 0 aliphatic carbocycles. The second kappa shape index (κ2) is 5.99. The highest BCUT2D eigenvalue weighted by Crippen LogP contribution is 2.32. The first-order valence-corrected chi connectivity index (χ1v) is 8.01. The molecule has 4 rings (SSSR count). The zero-order chi connectivity index (χ0) is 14.8. The Labute approximate surface area is 130 Å². The van der Waals surface area contributed by atoms with Gasteiger partial charge in [-0.3, -0.25) is 0 Å². The summed E-state index contributed by atoms with van der Waals surface area (Å²) >= 11 is 0. The van der Waals surface area contributed by atoms with Gasteiger partial charge in [0.15, 0.2) is 17.5 Å². The Bertz CT molecular complexity index is 672. The predicted molar refractivity (Wildman–Crippen MR) is 82.7 cm³/mol. The standard InChI is InChI=1S/C18H20N2O2/c1-2-4-15-14(3-1)7-8-20-16(15)11-19-10-13-5-6-17-18(9-13)22-12-21-17/h1-6,9,16,19-20H,7-8,10-12H2/p+2/t16-/m1/s1. The number of quaternary nitrogens is 2. The van der Waals surface area contributed by atoms with E-state index in [9.17, 15) is 0 Å². The molecule has 0 bridgehead atoms. The molecule has 0 saturated heterocycles. The first-order chi connectivity index (χ1) is 10.9. The molecule has 2 heterocycles. The van der Waals surface area contributed by atoms with E-state index in [1.165, 1.54) is 29.7 Å². The molecule has 4 heteroatoms. The summed E-state index contributed by atoms with van der Waals surface area (Å²) in [6.07, 6.45) is 1.19. The molecule has 0 saturated carbocycles. The van der Waals surface area contributed by atoms with Crippen LogP contribution in [0.3, 0.4) is 0 Å². The third-order valence-electron chi connectivity index (χ3n) is 4.56. The third-order valence-corrected chi connectivity index (χ3v) is 4.56. The van der Waals surface area contributed by atoms with Gasteiger partial charge in [-0.1, -0.05) is 24.3 Å². The van der Waals surface area contributed by atoms with Gasteiger partial charge in [0.25, 0.3) is 0 Å². The van der Waals surface area contributed by atoms with E-state index >= 15 is 0 Å². The van der Waals surface area contributed by atoms with E-state index < -0.39 is 0 Å². The van der Waals surface area contributed by atoms with E-state index in [0.717, 1.165) is 24.6 Å². The van der Waals surface area contributed by atoms with Gasteiger partial charge in [-0.25, -0.2) is 0 Å². The lowest BCUT2D eigenvalue weighted by Gasteiger charge is -2.22. The summed E-state index contributed by atoms with van der Waals surface area (Å²) in [5.41, 5.74) is 4.32. The summed E-state index contributed by atoms with van der Waals surface area (Å²) in [5.74, 6) is 1.73. The van der Waals surface area contributed by atoms with E-state index in [0.29, 0.717) is 12.8 Å². The maximum absolute atomic E-state index is 5.44. The van der Waals surface area contributed by atoms with Crippen LogP contribution < -0.4 is 20.1 Å². The average molecular weight is 298 g/mol. The second-order valence-electron chi connectivity index (χ2n) is 6.00. The van der Waals surface area contributed by atoms with E-state index in [-0.39, 0.29) is 0 Å². The van der Waals surface area contributed by atoms with Gasteiger partial charge in [0.2, 0.25) is 6.79 Å². The van der Waals surface area contributed by atoms with Crippen molar-refractivity contribution in [1.82, 2.24) is 0 Å². The molecule has 0 unspecified atom stereocenters. The molecular formula is C18H22N2O2+2. The van der Waals surface area contributed by atoms with Crippen molar-refractivity contribution in [2.45, 2.75) is 19.0 Å². The van der Waals surface area contributed by atoms with Crippen LogP contribution in [0, 0.1) is 0 Å². The topological polar surface area (TPSA) is 51.7 Å². The van der Waals surface area contributed by atoms with Crippen molar-refractivity contribution in [2.24, 2.45) is 0 Å². The van der Waals surface area contributed by atoms with Crippen LogP contribution in [0.2, 0.25) is 0 Å². The Morgan fingerprint density at radius 2 is 2.00 bits per heavy atom. The number of benzene rings is 2. The van der Waals surface area contributed by atoms with Gasteiger partial charge in [-0.2, -0.15) is 0 Å².